The third-order valence-electron chi connectivity index (χ3n) is 3.48. The maximum atomic E-state index is 12.2. The van der Waals surface area contributed by atoms with Gasteiger partial charge in [-0.1, -0.05) is 30.3 Å². The van der Waals surface area contributed by atoms with Gasteiger partial charge in [-0.3, -0.25) is 4.79 Å². The number of amides is 1. The quantitative estimate of drug-likeness (QED) is 0.768. The van der Waals surface area contributed by atoms with Gasteiger partial charge in [0.15, 0.2) is 0 Å². The highest BCUT2D eigenvalue weighted by Crippen LogP contribution is 2.25. The molecule has 0 fully saturated rings. The summed E-state index contributed by atoms with van der Waals surface area (Å²) in [5, 5.41) is 0. The molecule has 0 radical (unpaired) electrons. The summed E-state index contributed by atoms with van der Waals surface area (Å²) in [6, 6.07) is 15.4. The minimum absolute atomic E-state index is 0.0632. The molecule has 0 aromatic heterocycles. The van der Waals surface area contributed by atoms with Gasteiger partial charge in [0.25, 0.3) is 0 Å². The Morgan fingerprint density at radius 2 is 1.83 bits per heavy atom. The van der Waals surface area contributed by atoms with Crippen molar-refractivity contribution in [1.82, 2.24) is 4.90 Å². The van der Waals surface area contributed by atoms with Crippen molar-refractivity contribution in [3.63, 3.8) is 0 Å². The number of rotatable bonds is 6. The largest absolute Gasteiger partial charge is 0.497 e. The van der Waals surface area contributed by atoms with Crippen molar-refractivity contribution in [3.8, 4) is 11.5 Å². The first-order chi connectivity index (χ1) is 11.1. The van der Waals surface area contributed by atoms with Gasteiger partial charge in [0.05, 0.1) is 14.2 Å². The fourth-order valence-corrected chi connectivity index (χ4v) is 2.18. The summed E-state index contributed by atoms with van der Waals surface area (Å²) in [7, 11) is 4.98. The predicted molar refractivity (Wildman–Crippen MR) is 91.5 cm³/mol. The summed E-state index contributed by atoms with van der Waals surface area (Å²) in [4.78, 5) is 13.9. The van der Waals surface area contributed by atoms with Crippen molar-refractivity contribution in [2.45, 2.75) is 6.54 Å². The smallest absolute Gasteiger partial charge is 0.246 e. The third kappa shape index (κ3) is 4.61. The Labute approximate surface area is 137 Å². The van der Waals surface area contributed by atoms with Gasteiger partial charge in [-0.2, -0.15) is 0 Å². The van der Waals surface area contributed by atoms with Crippen molar-refractivity contribution in [3.05, 3.63) is 65.7 Å². The van der Waals surface area contributed by atoms with Gasteiger partial charge in [-0.15, -0.1) is 0 Å². The van der Waals surface area contributed by atoms with Crippen LogP contribution in [0.1, 0.15) is 11.1 Å². The summed E-state index contributed by atoms with van der Waals surface area (Å²) >= 11 is 0. The van der Waals surface area contributed by atoms with Crippen LogP contribution in [0.25, 0.3) is 6.08 Å². The molecular weight excluding hydrogens is 290 g/mol. The highest BCUT2D eigenvalue weighted by Gasteiger charge is 2.07. The van der Waals surface area contributed by atoms with Crippen LogP contribution in [0.3, 0.4) is 0 Å². The molecule has 4 heteroatoms. The summed E-state index contributed by atoms with van der Waals surface area (Å²) < 4.78 is 10.5. The number of ether oxygens (including phenoxy) is 2. The van der Waals surface area contributed by atoms with Crippen molar-refractivity contribution < 1.29 is 14.3 Å². The van der Waals surface area contributed by atoms with Crippen LogP contribution in [-0.4, -0.2) is 32.1 Å². The van der Waals surface area contributed by atoms with E-state index < -0.39 is 0 Å². The van der Waals surface area contributed by atoms with Gasteiger partial charge in [-0.25, -0.2) is 0 Å². The fraction of sp³-hybridized carbons (Fsp3) is 0.211. The first kappa shape index (κ1) is 16.6. The number of carbonyl (C=O) groups is 1. The van der Waals surface area contributed by atoms with Gasteiger partial charge in [-0.05, 0) is 23.8 Å². The van der Waals surface area contributed by atoms with E-state index in [1.54, 1.807) is 44.4 Å². The molecule has 0 heterocycles. The van der Waals surface area contributed by atoms with E-state index in [4.69, 9.17) is 9.47 Å². The number of hydrogen-bond donors (Lipinski definition) is 0. The second-order valence-electron chi connectivity index (χ2n) is 5.12. The van der Waals surface area contributed by atoms with E-state index in [0.29, 0.717) is 18.0 Å². The number of benzene rings is 2. The average Bonchev–Trinajstić information content (AvgIpc) is 2.60. The van der Waals surface area contributed by atoms with Gasteiger partial charge < -0.3 is 14.4 Å². The van der Waals surface area contributed by atoms with Crippen molar-refractivity contribution >= 4 is 12.0 Å². The number of methoxy groups -OCH3 is 2. The van der Waals surface area contributed by atoms with E-state index in [1.165, 1.54) is 0 Å². The van der Waals surface area contributed by atoms with Crippen molar-refractivity contribution in [2.24, 2.45) is 0 Å². The van der Waals surface area contributed by atoms with Gasteiger partial charge in [0, 0.05) is 31.3 Å². The molecule has 4 nitrogen and oxygen atoms in total. The van der Waals surface area contributed by atoms with Crippen LogP contribution in [0.15, 0.2) is 54.6 Å². The lowest BCUT2D eigenvalue weighted by Crippen LogP contribution is -2.24. The van der Waals surface area contributed by atoms with Crippen LogP contribution in [0.5, 0.6) is 11.5 Å². The normalized spacial score (nSPS) is 10.6. The molecule has 2 aromatic carbocycles. The standard InChI is InChI=1S/C19H21NO3/c1-20(14-15-7-5-4-6-8-15)19(21)12-10-16-9-11-17(22-2)13-18(16)23-3/h4-13H,14H2,1-3H3/b12-10+. The Kier molecular flexibility index (Phi) is 5.80. The van der Waals surface area contributed by atoms with E-state index in [0.717, 1.165) is 11.1 Å². The Hall–Kier alpha value is -2.75. The second-order valence-corrected chi connectivity index (χ2v) is 5.12. The summed E-state index contributed by atoms with van der Waals surface area (Å²) in [6.07, 6.45) is 3.30. The summed E-state index contributed by atoms with van der Waals surface area (Å²) in [5.74, 6) is 1.32. The van der Waals surface area contributed by atoms with Gasteiger partial charge >= 0.3 is 0 Å². The zero-order chi connectivity index (χ0) is 16.7. The molecule has 1 amide bonds. The summed E-state index contributed by atoms with van der Waals surface area (Å²) in [5.41, 5.74) is 1.92. The van der Waals surface area contributed by atoms with E-state index in [2.05, 4.69) is 0 Å². The number of carbonyl (C=O) groups excluding carboxylic acids is 1. The first-order valence-electron chi connectivity index (χ1n) is 7.33. The Morgan fingerprint density at radius 1 is 1.09 bits per heavy atom. The molecule has 2 aromatic rings. The molecule has 0 aliphatic heterocycles. The summed E-state index contributed by atoms with van der Waals surface area (Å²) in [6.45, 7) is 0.573. The monoisotopic (exact) mass is 311 g/mol. The topological polar surface area (TPSA) is 38.8 Å². The minimum Gasteiger partial charge on any atom is -0.497 e. The average molecular weight is 311 g/mol. The molecule has 0 saturated carbocycles. The predicted octanol–water partition coefficient (Wildman–Crippen LogP) is 3.38. The molecule has 120 valence electrons. The highest BCUT2D eigenvalue weighted by atomic mass is 16.5. The molecule has 0 aliphatic carbocycles. The number of likely N-dealkylation sites (N-methyl/N-ethyl adjacent to an activating group) is 1. The van der Waals surface area contributed by atoms with Crippen LogP contribution in [0.2, 0.25) is 0 Å². The fourth-order valence-electron chi connectivity index (χ4n) is 2.18. The zero-order valence-corrected chi connectivity index (χ0v) is 13.7. The lowest BCUT2D eigenvalue weighted by atomic mass is 10.1. The Morgan fingerprint density at radius 3 is 2.48 bits per heavy atom. The molecule has 0 unspecified atom stereocenters. The molecule has 0 spiro atoms. The molecule has 0 aliphatic rings. The molecule has 2 rings (SSSR count). The van der Waals surface area contributed by atoms with Crippen molar-refractivity contribution in [2.75, 3.05) is 21.3 Å². The lowest BCUT2D eigenvalue weighted by Gasteiger charge is -2.15. The van der Waals surface area contributed by atoms with Crippen LogP contribution in [0, 0.1) is 0 Å². The van der Waals surface area contributed by atoms with Crippen molar-refractivity contribution in [1.29, 1.82) is 0 Å². The molecule has 0 saturated heterocycles. The first-order valence-corrected chi connectivity index (χ1v) is 7.33. The van der Waals surface area contributed by atoms with Crippen LogP contribution >= 0.6 is 0 Å². The van der Waals surface area contributed by atoms with E-state index >= 15 is 0 Å². The minimum atomic E-state index is -0.0632. The van der Waals surface area contributed by atoms with Crippen LogP contribution < -0.4 is 9.47 Å². The SMILES string of the molecule is COc1ccc(/C=C/C(=O)N(C)Cc2ccccc2)c(OC)c1. The molecule has 0 N–H and O–H groups in total. The second kappa shape index (κ2) is 8.03. The maximum absolute atomic E-state index is 12.2. The van der Waals surface area contributed by atoms with Crippen LogP contribution in [-0.2, 0) is 11.3 Å². The van der Waals surface area contributed by atoms with E-state index in [9.17, 15) is 4.79 Å². The number of hydrogen-bond acceptors (Lipinski definition) is 3. The highest BCUT2D eigenvalue weighted by molar-refractivity contribution is 5.92. The van der Waals surface area contributed by atoms with Gasteiger partial charge in [0.2, 0.25) is 5.91 Å². The Balaban J connectivity index is 2.05. The zero-order valence-electron chi connectivity index (χ0n) is 13.7. The van der Waals surface area contributed by atoms with Crippen LogP contribution in [0.4, 0.5) is 0 Å². The Bertz CT molecular complexity index is 680. The molecule has 23 heavy (non-hydrogen) atoms. The number of nitrogens with zero attached hydrogens (tertiary/aromatic N) is 1. The van der Waals surface area contributed by atoms with E-state index in [1.807, 2.05) is 42.5 Å². The maximum Gasteiger partial charge on any atom is 0.246 e. The molecule has 0 atom stereocenters. The van der Waals surface area contributed by atoms with Gasteiger partial charge in [0.1, 0.15) is 11.5 Å². The molecular formula is C19H21NO3. The molecule has 0 bridgehead atoms. The third-order valence-corrected chi connectivity index (χ3v) is 3.48. The van der Waals surface area contributed by atoms with E-state index in [-0.39, 0.29) is 5.91 Å². The lowest BCUT2D eigenvalue weighted by molar-refractivity contribution is -0.125.